The van der Waals surface area contributed by atoms with Crippen molar-refractivity contribution in [1.29, 1.82) is 0 Å². The van der Waals surface area contributed by atoms with Gasteiger partial charge in [-0.1, -0.05) is 30.3 Å². The zero-order chi connectivity index (χ0) is 18.1. The third-order valence-electron chi connectivity index (χ3n) is 3.51. The Kier molecular flexibility index (Phi) is 6.88. The number of nitrogens with zero attached hydrogens (tertiary/aromatic N) is 2. The zero-order valence-electron chi connectivity index (χ0n) is 14.3. The Bertz CT molecular complexity index is 679. The second kappa shape index (κ2) is 9.36. The largest absolute Gasteiger partial charge is 0.452 e. The van der Waals surface area contributed by atoms with Crippen LogP contribution in [0.3, 0.4) is 0 Å². The van der Waals surface area contributed by atoms with Crippen molar-refractivity contribution in [2.24, 2.45) is 0 Å². The molecule has 132 valence electrons. The highest BCUT2D eigenvalue weighted by Crippen LogP contribution is 2.11. The first-order valence-corrected chi connectivity index (χ1v) is 8.12. The maximum Gasteiger partial charge on any atom is 0.308 e. The summed E-state index contributed by atoms with van der Waals surface area (Å²) in [6, 6.07) is 11.1. The molecule has 7 heteroatoms. The summed E-state index contributed by atoms with van der Waals surface area (Å²) in [7, 11) is 0. The summed E-state index contributed by atoms with van der Waals surface area (Å²) in [4.78, 5) is 31.9. The maximum atomic E-state index is 12.1. The van der Waals surface area contributed by atoms with Crippen LogP contribution in [-0.4, -0.2) is 34.5 Å². The molecule has 0 radical (unpaired) electrons. The number of anilines is 1. The Morgan fingerprint density at radius 2 is 1.76 bits per heavy atom. The van der Waals surface area contributed by atoms with Gasteiger partial charge in [0.15, 0.2) is 6.10 Å². The number of carbonyl (C=O) groups is 2. The van der Waals surface area contributed by atoms with E-state index in [0.717, 1.165) is 5.56 Å². The molecule has 0 saturated heterocycles. The topological polar surface area (TPSA) is 93.2 Å². The lowest BCUT2D eigenvalue weighted by Crippen LogP contribution is -2.37. The van der Waals surface area contributed by atoms with Crippen molar-refractivity contribution in [1.82, 2.24) is 15.3 Å². The van der Waals surface area contributed by atoms with Gasteiger partial charge in [0, 0.05) is 18.9 Å². The second-order valence-electron chi connectivity index (χ2n) is 5.52. The third kappa shape index (κ3) is 6.21. The molecule has 2 unspecified atom stereocenters. The predicted molar refractivity (Wildman–Crippen MR) is 93.7 cm³/mol. The molecule has 0 aliphatic carbocycles. The summed E-state index contributed by atoms with van der Waals surface area (Å²) < 4.78 is 5.16. The molecule has 1 aromatic carbocycles. The minimum atomic E-state index is -0.855. The minimum Gasteiger partial charge on any atom is -0.452 e. The van der Waals surface area contributed by atoms with Crippen molar-refractivity contribution >= 4 is 17.8 Å². The van der Waals surface area contributed by atoms with Crippen molar-refractivity contribution in [3.05, 3.63) is 54.4 Å². The first-order valence-electron chi connectivity index (χ1n) is 8.12. The SMILES string of the molecule is CC(OC(=O)CCNc1ncccn1)C(=O)NC(C)c1ccccc1. The van der Waals surface area contributed by atoms with Crippen LogP contribution in [0.4, 0.5) is 5.95 Å². The fourth-order valence-corrected chi connectivity index (χ4v) is 2.13. The van der Waals surface area contributed by atoms with Crippen LogP contribution in [0.2, 0.25) is 0 Å². The molecule has 1 aromatic heterocycles. The summed E-state index contributed by atoms with van der Waals surface area (Å²) in [5.41, 5.74) is 0.987. The molecule has 2 N–H and O–H groups in total. The van der Waals surface area contributed by atoms with Crippen LogP contribution >= 0.6 is 0 Å². The predicted octanol–water partition coefficient (Wildman–Crippen LogP) is 2.09. The Morgan fingerprint density at radius 3 is 2.44 bits per heavy atom. The van der Waals surface area contributed by atoms with E-state index < -0.39 is 12.1 Å². The van der Waals surface area contributed by atoms with E-state index in [2.05, 4.69) is 20.6 Å². The van der Waals surface area contributed by atoms with Gasteiger partial charge in [0.1, 0.15) is 0 Å². The number of carbonyl (C=O) groups excluding carboxylic acids is 2. The summed E-state index contributed by atoms with van der Waals surface area (Å²) in [5, 5.41) is 5.74. The van der Waals surface area contributed by atoms with Crippen LogP contribution in [-0.2, 0) is 14.3 Å². The first kappa shape index (κ1) is 18.4. The summed E-state index contributed by atoms with van der Waals surface area (Å²) in [6.45, 7) is 3.77. The number of rotatable bonds is 8. The molecular formula is C18H22N4O3. The van der Waals surface area contributed by atoms with E-state index in [9.17, 15) is 9.59 Å². The number of aromatic nitrogens is 2. The summed E-state index contributed by atoms with van der Waals surface area (Å²) in [6.07, 6.45) is 2.47. The Labute approximate surface area is 146 Å². The lowest BCUT2D eigenvalue weighted by molar-refractivity contribution is -0.154. The molecule has 0 bridgehead atoms. The molecular weight excluding hydrogens is 320 g/mol. The number of benzene rings is 1. The molecule has 0 spiro atoms. The Hall–Kier alpha value is -2.96. The number of nitrogens with one attached hydrogen (secondary N) is 2. The molecule has 0 aliphatic rings. The molecule has 2 aromatic rings. The quantitative estimate of drug-likeness (QED) is 0.714. The van der Waals surface area contributed by atoms with Gasteiger partial charge < -0.3 is 15.4 Å². The zero-order valence-corrected chi connectivity index (χ0v) is 14.3. The molecule has 0 fully saturated rings. The lowest BCUT2D eigenvalue weighted by Gasteiger charge is -2.18. The Balaban J connectivity index is 1.71. The fourth-order valence-electron chi connectivity index (χ4n) is 2.13. The monoisotopic (exact) mass is 342 g/mol. The number of amides is 1. The van der Waals surface area contributed by atoms with E-state index in [1.807, 2.05) is 37.3 Å². The van der Waals surface area contributed by atoms with Gasteiger partial charge in [-0.2, -0.15) is 0 Å². The van der Waals surface area contributed by atoms with Crippen LogP contribution < -0.4 is 10.6 Å². The second-order valence-corrected chi connectivity index (χ2v) is 5.52. The molecule has 1 amide bonds. The number of esters is 1. The van der Waals surface area contributed by atoms with Gasteiger partial charge in [-0.3, -0.25) is 9.59 Å². The molecule has 7 nitrogen and oxygen atoms in total. The van der Waals surface area contributed by atoms with E-state index in [1.54, 1.807) is 25.4 Å². The van der Waals surface area contributed by atoms with Crippen LogP contribution in [0.15, 0.2) is 48.8 Å². The number of hydrogen-bond acceptors (Lipinski definition) is 6. The fraction of sp³-hybridized carbons (Fsp3) is 0.333. The minimum absolute atomic E-state index is 0.115. The molecule has 0 aliphatic heterocycles. The van der Waals surface area contributed by atoms with Gasteiger partial charge in [-0.05, 0) is 25.5 Å². The van der Waals surface area contributed by atoms with Gasteiger partial charge in [0.2, 0.25) is 5.95 Å². The highest BCUT2D eigenvalue weighted by atomic mass is 16.5. The summed E-state index contributed by atoms with van der Waals surface area (Å²) in [5.74, 6) is -0.347. The first-order chi connectivity index (χ1) is 12.1. The normalized spacial score (nSPS) is 12.7. The highest BCUT2D eigenvalue weighted by molar-refractivity contribution is 5.83. The lowest BCUT2D eigenvalue weighted by atomic mass is 10.1. The van der Waals surface area contributed by atoms with Crippen LogP contribution in [0.1, 0.15) is 31.9 Å². The summed E-state index contributed by atoms with van der Waals surface area (Å²) >= 11 is 0. The van der Waals surface area contributed by atoms with Gasteiger partial charge >= 0.3 is 5.97 Å². The van der Waals surface area contributed by atoms with Crippen molar-refractivity contribution in [3.63, 3.8) is 0 Å². The van der Waals surface area contributed by atoms with Gasteiger partial charge in [-0.15, -0.1) is 0 Å². The third-order valence-corrected chi connectivity index (χ3v) is 3.51. The molecule has 0 saturated carbocycles. The van der Waals surface area contributed by atoms with E-state index in [1.165, 1.54) is 0 Å². The van der Waals surface area contributed by atoms with Crippen molar-refractivity contribution in [3.8, 4) is 0 Å². The van der Waals surface area contributed by atoms with E-state index in [0.29, 0.717) is 12.5 Å². The van der Waals surface area contributed by atoms with Crippen molar-refractivity contribution < 1.29 is 14.3 Å². The Morgan fingerprint density at radius 1 is 1.08 bits per heavy atom. The van der Waals surface area contributed by atoms with E-state index in [-0.39, 0.29) is 18.4 Å². The van der Waals surface area contributed by atoms with Crippen molar-refractivity contribution in [2.75, 3.05) is 11.9 Å². The number of ether oxygens (including phenoxy) is 1. The van der Waals surface area contributed by atoms with Crippen LogP contribution in [0.5, 0.6) is 0 Å². The molecule has 1 heterocycles. The maximum absolute atomic E-state index is 12.1. The average Bonchev–Trinajstić information content (AvgIpc) is 2.63. The van der Waals surface area contributed by atoms with Crippen LogP contribution in [0.25, 0.3) is 0 Å². The molecule has 2 rings (SSSR count). The molecule has 2 atom stereocenters. The van der Waals surface area contributed by atoms with Crippen molar-refractivity contribution in [2.45, 2.75) is 32.4 Å². The van der Waals surface area contributed by atoms with Gasteiger partial charge in [-0.25, -0.2) is 9.97 Å². The van der Waals surface area contributed by atoms with Gasteiger partial charge in [0.05, 0.1) is 12.5 Å². The smallest absolute Gasteiger partial charge is 0.308 e. The standard InChI is InChI=1S/C18H22N4O3/c1-13(15-7-4-3-5-8-15)22-17(24)14(2)25-16(23)9-12-21-18-19-10-6-11-20-18/h3-8,10-11,13-14H,9,12H2,1-2H3,(H,22,24)(H,19,20,21). The van der Waals surface area contributed by atoms with E-state index in [4.69, 9.17) is 4.74 Å². The van der Waals surface area contributed by atoms with Crippen LogP contribution in [0, 0.1) is 0 Å². The van der Waals surface area contributed by atoms with E-state index >= 15 is 0 Å². The average molecular weight is 342 g/mol. The number of hydrogen-bond donors (Lipinski definition) is 2. The highest BCUT2D eigenvalue weighted by Gasteiger charge is 2.19. The molecule has 25 heavy (non-hydrogen) atoms. The van der Waals surface area contributed by atoms with Gasteiger partial charge in [0.25, 0.3) is 5.91 Å².